The molecule has 0 aliphatic carbocycles. The lowest BCUT2D eigenvalue weighted by molar-refractivity contribution is 0.327. The number of aliphatic imine (C=N–C) groups is 1. The van der Waals surface area contributed by atoms with Gasteiger partial charge in [-0.25, -0.2) is 9.38 Å². The first-order valence-corrected chi connectivity index (χ1v) is 8.55. The van der Waals surface area contributed by atoms with Crippen molar-refractivity contribution in [3.8, 4) is 11.5 Å². The summed E-state index contributed by atoms with van der Waals surface area (Å²) < 4.78 is 24.4. The van der Waals surface area contributed by atoms with Crippen LogP contribution in [-0.4, -0.2) is 37.7 Å². The van der Waals surface area contributed by atoms with Crippen molar-refractivity contribution in [1.29, 1.82) is 0 Å². The quantitative estimate of drug-likeness (QED) is 0.430. The van der Waals surface area contributed by atoms with Crippen LogP contribution in [-0.2, 0) is 0 Å². The molecule has 0 spiro atoms. The number of methoxy groups -OCH3 is 1. The fraction of sp³-hybridized carbons (Fsp3) is 0.368. The number of ether oxygens (including phenoxy) is 2. The highest BCUT2D eigenvalue weighted by Gasteiger charge is 2.11. The molecular weight excluding hydrogens is 335 g/mol. The second-order valence-corrected chi connectivity index (χ2v) is 5.56. The van der Waals surface area contributed by atoms with Gasteiger partial charge in [0.25, 0.3) is 0 Å². The molecule has 2 aromatic rings. The van der Waals surface area contributed by atoms with Crippen molar-refractivity contribution in [3.63, 3.8) is 0 Å². The molecule has 1 atom stereocenters. The summed E-state index contributed by atoms with van der Waals surface area (Å²) in [4.78, 5) is 8.48. The van der Waals surface area contributed by atoms with Gasteiger partial charge in [-0.1, -0.05) is 6.07 Å². The van der Waals surface area contributed by atoms with E-state index in [2.05, 4.69) is 20.6 Å². The lowest BCUT2D eigenvalue weighted by Crippen LogP contribution is -2.39. The maximum Gasteiger partial charge on any atom is 0.191 e. The predicted molar refractivity (Wildman–Crippen MR) is 100 cm³/mol. The number of halogens is 1. The second-order valence-electron chi connectivity index (χ2n) is 5.56. The first-order chi connectivity index (χ1) is 12.6. The molecular formula is C19H25FN4O2. The number of pyridine rings is 1. The zero-order valence-corrected chi connectivity index (χ0v) is 15.3. The van der Waals surface area contributed by atoms with E-state index in [0.29, 0.717) is 24.9 Å². The van der Waals surface area contributed by atoms with E-state index in [1.165, 1.54) is 13.2 Å². The number of rotatable bonds is 8. The van der Waals surface area contributed by atoms with Gasteiger partial charge in [0.15, 0.2) is 17.5 Å². The molecule has 26 heavy (non-hydrogen) atoms. The third kappa shape index (κ3) is 5.91. The molecule has 0 aliphatic rings. The molecule has 1 unspecified atom stereocenters. The van der Waals surface area contributed by atoms with Crippen molar-refractivity contribution < 1.29 is 13.9 Å². The number of nitrogens with one attached hydrogen (secondary N) is 2. The van der Waals surface area contributed by atoms with Gasteiger partial charge >= 0.3 is 0 Å². The van der Waals surface area contributed by atoms with Crippen molar-refractivity contribution in [3.05, 3.63) is 54.1 Å². The summed E-state index contributed by atoms with van der Waals surface area (Å²) in [7, 11) is 1.45. The second kappa shape index (κ2) is 10.2. The van der Waals surface area contributed by atoms with Crippen molar-refractivity contribution in [2.75, 3.05) is 26.8 Å². The zero-order chi connectivity index (χ0) is 18.8. The van der Waals surface area contributed by atoms with Crippen molar-refractivity contribution in [2.45, 2.75) is 19.9 Å². The van der Waals surface area contributed by atoms with Crippen LogP contribution in [0, 0.1) is 5.82 Å². The molecule has 7 heteroatoms. The van der Waals surface area contributed by atoms with Gasteiger partial charge in [0.1, 0.15) is 12.4 Å². The highest BCUT2D eigenvalue weighted by molar-refractivity contribution is 5.80. The molecule has 0 bridgehead atoms. The van der Waals surface area contributed by atoms with E-state index in [9.17, 15) is 4.39 Å². The monoisotopic (exact) mass is 360 g/mol. The van der Waals surface area contributed by atoms with Crippen molar-refractivity contribution in [1.82, 2.24) is 15.6 Å². The van der Waals surface area contributed by atoms with Crippen LogP contribution in [0.4, 0.5) is 4.39 Å². The highest BCUT2D eigenvalue weighted by atomic mass is 19.1. The molecule has 0 saturated heterocycles. The van der Waals surface area contributed by atoms with Crippen LogP contribution in [0.2, 0.25) is 0 Å². The Hall–Kier alpha value is -2.83. The molecule has 6 nitrogen and oxygen atoms in total. The fourth-order valence-electron chi connectivity index (χ4n) is 2.31. The van der Waals surface area contributed by atoms with E-state index in [0.717, 1.165) is 12.1 Å². The van der Waals surface area contributed by atoms with Gasteiger partial charge in [-0.2, -0.15) is 0 Å². The fourth-order valence-corrected chi connectivity index (χ4v) is 2.31. The van der Waals surface area contributed by atoms with Crippen molar-refractivity contribution in [2.24, 2.45) is 4.99 Å². The molecule has 0 radical (unpaired) electrons. The summed E-state index contributed by atoms with van der Waals surface area (Å²) in [6.45, 7) is 5.57. The smallest absolute Gasteiger partial charge is 0.191 e. The van der Waals surface area contributed by atoms with Crippen LogP contribution in [0.15, 0.2) is 47.7 Å². The minimum absolute atomic E-state index is 0.118. The molecule has 0 amide bonds. The highest BCUT2D eigenvalue weighted by Crippen LogP contribution is 2.21. The molecule has 140 valence electrons. The molecule has 2 rings (SSSR count). The lowest BCUT2D eigenvalue weighted by atomic mass is 10.1. The maximum atomic E-state index is 13.9. The number of aromatic nitrogens is 1. The van der Waals surface area contributed by atoms with E-state index in [4.69, 9.17) is 9.47 Å². The maximum absolute atomic E-state index is 13.9. The Balaban J connectivity index is 1.92. The standard InChI is InChI=1S/C19H25FN4O2/c1-4-22-19(23-10-11-26-16-6-5-9-21-13-16)24-14(2)15-7-8-18(25-3)17(20)12-15/h5-9,12-14H,4,10-11H2,1-3H3,(H2,22,23,24). The summed E-state index contributed by atoms with van der Waals surface area (Å²) in [6.07, 6.45) is 3.36. The van der Waals surface area contributed by atoms with E-state index in [1.807, 2.05) is 32.0 Å². The Morgan fingerprint density at radius 1 is 1.35 bits per heavy atom. The van der Waals surface area contributed by atoms with Gasteiger partial charge in [-0.05, 0) is 43.7 Å². The van der Waals surface area contributed by atoms with Gasteiger partial charge < -0.3 is 20.1 Å². The summed E-state index contributed by atoms with van der Waals surface area (Å²) in [5.41, 5.74) is 0.806. The van der Waals surface area contributed by atoms with Crippen molar-refractivity contribution >= 4 is 5.96 Å². The number of hydrogen-bond acceptors (Lipinski definition) is 4. The van der Waals surface area contributed by atoms with Crippen LogP contribution in [0.3, 0.4) is 0 Å². The van der Waals surface area contributed by atoms with Crippen LogP contribution in [0.25, 0.3) is 0 Å². The van der Waals surface area contributed by atoms with E-state index >= 15 is 0 Å². The average Bonchev–Trinajstić information content (AvgIpc) is 2.66. The normalized spacial score (nSPS) is 12.4. The van der Waals surface area contributed by atoms with E-state index in [-0.39, 0.29) is 17.6 Å². The molecule has 1 aromatic heterocycles. The Bertz CT molecular complexity index is 710. The first-order valence-electron chi connectivity index (χ1n) is 8.55. The summed E-state index contributed by atoms with van der Waals surface area (Å²) in [6, 6.07) is 8.46. The number of hydrogen-bond donors (Lipinski definition) is 2. The van der Waals surface area contributed by atoms with Crippen LogP contribution < -0.4 is 20.1 Å². The van der Waals surface area contributed by atoms with Crippen LogP contribution >= 0.6 is 0 Å². The predicted octanol–water partition coefficient (Wildman–Crippen LogP) is 2.92. The number of guanidine groups is 1. The van der Waals surface area contributed by atoms with Crippen LogP contribution in [0.1, 0.15) is 25.5 Å². The summed E-state index contributed by atoms with van der Waals surface area (Å²) in [5, 5.41) is 6.43. The third-order valence-corrected chi connectivity index (χ3v) is 3.64. The summed E-state index contributed by atoms with van der Waals surface area (Å²) >= 11 is 0. The number of benzene rings is 1. The zero-order valence-electron chi connectivity index (χ0n) is 15.3. The minimum Gasteiger partial charge on any atom is -0.494 e. The molecule has 0 saturated carbocycles. The topological polar surface area (TPSA) is 67.8 Å². The summed E-state index contributed by atoms with van der Waals surface area (Å²) in [5.74, 6) is 1.20. The molecule has 1 heterocycles. The van der Waals surface area contributed by atoms with Crippen LogP contribution in [0.5, 0.6) is 11.5 Å². The molecule has 1 aromatic carbocycles. The van der Waals surface area contributed by atoms with Gasteiger partial charge in [-0.3, -0.25) is 4.98 Å². The van der Waals surface area contributed by atoms with E-state index in [1.54, 1.807) is 18.5 Å². The molecule has 2 N–H and O–H groups in total. The Morgan fingerprint density at radius 2 is 2.19 bits per heavy atom. The minimum atomic E-state index is -0.384. The largest absolute Gasteiger partial charge is 0.494 e. The van der Waals surface area contributed by atoms with E-state index < -0.39 is 0 Å². The number of nitrogens with zero attached hydrogens (tertiary/aromatic N) is 2. The Morgan fingerprint density at radius 3 is 2.85 bits per heavy atom. The average molecular weight is 360 g/mol. The molecule has 0 fully saturated rings. The SMILES string of the molecule is CCNC(=NCCOc1cccnc1)NC(C)c1ccc(OC)c(F)c1. The van der Waals surface area contributed by atoms with Gasteiger partial charge in [0.05, 0.1) is 25.9 Å². The van der Waals surface area contributed by atoms with Gasteiger partial charge in [-0.15, -0.1) is 0 Å². The first kappa shape index (κ1) is 19.5. The molecule has 0 aliphatic heterocycles. The lowest BCUT2D eigenvalue weighted by Gasteiger charge is -2.18. The van der Waals surface area contributed by atoms with Gasteiger partial charge in [0.2, 0.25) is 0 Å². The Kier molecular flexibility index (Phi) is 7.67. The Labute approximate surface area is 153 Å². The third-order valence-electron chi connectivity index (χ3n) is 3.64. The van der Waals surface area contributed by atoms with Gasteiger partial charge in [0, 0.05) is 12.7 Å².